The number of carbonyl (C=O) groups is 1. The number of pyridine rings is 1. The van der Waals surface area contributed by atoms with Gasteiger partial charge in [0.2, 0.25) is 0 Å². The SMILES string of the molecule is CC(C)(C)C(=O)Cc1ccc2cc([N+](=O)[O-])ccc2n1. The lowest BCUT2D eigenvalue weighted by molar-refractivity contribution is -0.384. The fraction of sp³-hybridized carbons (Fsp3) is 0.333. The van der Waals surface area contributed by atoms with Crippen LogP contribution in [0.15, 0.2) is 30.3 Å². The number of fused-ring (bicyclic) bond motifs is 1. The molecule has 0 N–H and O–H groups in total. The van der Waals surface area contributed by atoms with E-state index in [0.29, 0.717) is 16.6 Å². The Bertz CT molecular complexity index is 687. The third kappa shape index (κ3) is 2.99. The Kier molecular flexibility index (Phi) is 3.53. The van der Waals surface area contributed by atoms with Gasteiger partial charge in [0.25, 0.3) is 5.69 Å². The number of ketones is 1. The standard InChI is InChI=1S/C15H16N2O3/c1-15(2,3)14(18)9-11-5-4-10-8-12(17(19)20)6-7-13(10)16-11/h4-8H,9H2,1-3H3. The van der Waals surface area contributed by atoms with Crippen LogP contribution in [-0.4, -0.2) is 15.7 Å². The van der Waals surface area contributed by atoms with Crippen molar-refractivity contribution in [2.24, 2.45) is 5.41 Å². The van der Waals surface area contributed by atoms with E-state index in [1.54, 1.807) is 18.2 Å². The summed E-state index contributed by atoms with van der Waals surface area (Å²) in [5, 5.41) is 11.4. The second kappa shape index (κ2) is 5.00. The molecule has 104 valence electrons. The Balaban J connectivity index is 2.33. The number of nitro benzene ring substituents is 1. The zero-order valence-corrected chi connectivity index (χ0v) is 11.7. The van der Waals surface area contributed by atoms with Crippen LogP contribution >= 0.6 is 0 Å². The largest absolute Gasteiger partial charge is 0.299 e. The van der Waals surface area contributed by atoms with Crippen molar-refractivity contribution in [2.75, 3.05) is 0 Å². The molecule has 5 heteroatoms. The Morgan fingerprint density at radius 3 is 2.55 bits per heavy atom. The highest BCUT2D eigenvalue weighted by atomic mass is 16.6. The van der Waals surface area contributed by atoms with Crippen LogP contribution in [0.25, 0.3) is 10.9 Å². The molecular weight excluding hydrogens is 256 g/mol. The van der Waals surface area contributed by atoms with E-state index in [1.165, 1.54) is 12.1 Å². The number of hydrogen-bond acceptors (Lipinski definition) is 4. The second-order valence-electron chi connectivity index (χ2n) is 5.79. The van der Waals surface area contributed by atoms with Gasteiger partial charge in [0.1, 0.15) is 5.78 Å². The molecular formula is C15H16N2O3. The summed E-state index contributed by atoms with van der Waals surface area (Å²) in [6.45, 7) is 5.62. The number of rotatable bonds is 3. The Morgan fingerprint density at radius 1 is 1.25 bits per heavy atom. The van der Waals surface area contributed by atoms with Crippen molar-refractivity contribution < 1.29 is 9.72 Å². The predicted octanol–water partition coefficient (Wildman–Crippen LogP) is 3.30. The number of nitrogens with zero attached hydrogens (tertiary/aromatic N) is 2. The summed E-state index contributed by atoms with van der Waals surface area (Å²) in [5.74, 6) is 0.117. The summed E-state index contributed by atoms with van der Waals surface area (Å²) < 4.78 is 0. The number of non-ortho nitro benzene ring substituents is 1. The molecule has 2 aromatic rings. The highest BCUT2D eigenvalue weighted by Gasteiger charge is 2.21. The molecule has 5 nitrogen and oxygen atoms in total. The molecule has 0 saturated carbocycles. The maximum atomic E-state index is 12.0. The van der Waals surface area contributed by atoms with E-state index in [-0.39, 0.29) is 17.9 Å². The van der Waals surface area contributed by atoms with E-state index in [0.717, 1.165) is 0 Å². The van der Waals surface area contributed by atoms with Gasteiger partial charge in [0.05, 0.1) is 10.4 Å². The lowest BCUT2D eigenvalue weighted by Gasteiger charge is -2.16. The van der Waals surface area contributed by atoms with Crippen molar-refractivity contribution in [3.8, 4) is 0 Å². The number of carbonyl (C=O) groups excluding carboxylic acids is 1. The molecule has 0 saturated heterocycles. The zero-order valence-electron chi connectivity index (χ0n) is 11.7. The lowest BCUT2D eigenvalue weighted by Crippen LogP contribution is -2.22. The quantitative estimate of drug-likeness (QED) is 0.634. The van der Waals surface area contributed by atoms with E-state index in [2.05, 4.69) is 4.98 Å². The normalized spacial score (nSPS) is 11.6. The average molecular weight is 272 g/mol. The van der Waals surface area contributed by atoms with Gasteiger partial charge in [-0.25, -0.2) is 0 Å². The molecule has 0 amide bonds. The van der Waals surface area contributed by atoms with Gasteiger partial charge < -0.3 is 0 Å². The van der Waals surface area contributed by atoms with Gasteiger partial charge in [-0.1, -0.05) is 26.8 Å². The van der Waals surface area contributed by atoms with Gasteiger partial charge in [-0.2, -0.15) is 0 Å². The maximum Gasteiger partial charge on any atom is 0.270 e. The Morgan fingerprint density at radius 2 is 1.95 bits per heavy atom. The first-order valence-electron chi connectivity index (χ1n) is 6.35. The Hall–Kier alpha value is -2.30. The van der Waals surface area contributed by atoms with Crippen LogP contribution in [0.1, 0.15) is 26.5 Å². The van der Waals surface area contributed by atoms with Crippen molar-refractivity contribution in [2.45, 2.75) is 27.2 Å². The van der Waals surface area contributed by atoms with E-state index in [1.807, 2.05) is 20.8 Å². The fourth-order valence-corrected chi connectivity index (χ4v) is 1.80. The number of nitro groups is 1. The summed E-state index contributed by atoms with van der Waals surface area (Å²) in [6.07, 6.45) is 0.274. The minimum atomic E-state index is -0.434. The van der Waals surface area contributed by atoms with Crippen molar-refractivity contribution in [3.05, 3.63) is 46.1 Å². The van der Waals surface area contributed by atoms with Gasteiger partial charge in [-0.15, -0.1) is 0 Å². The molecule has 0 spiro atoms. The minimum Gasteiger partial charge on any atom is -0.299 e. The molecule has 1 aromatic carbocycles. The van der Waals surface area contributed by atoms with Crippen molar-refractivity contribution in [3.63, 3.8) is 0 Å². The summed E-state index contributed by atoms with van der Waals surface area (Å²) in [4.78, 5) is 26.6. The molecule has 0 aliphatic heterocycles. The molecule has 0 aliphatic carbocycles. The van der Waals surface area contributed by atoms with E-state index < -0.39 is 10.3 Å². The second-order valence-corrected chi connectivity index (χ2v) is 5.79. The first-order valence-corrected chi connectivity index (χ1v) is 6.35. The Labute approximate surface area is 116 Å². The molecule has 0 fully saturated rings. The predicted molar refractivity (Wildman–Crippen MR) is 76.6 cm³/mol. The van der Waals surface area contributed by atoms with Crippen molar-refractivity contribution in [1.82, 2.24) is 4.98 Å². The van der Waals surface area contributed by atoms with Gasteiger partial charge in [0, 0.05) is 35.0 Å². The molecule has 0 bridgehead atoms. The zero-order chi connectivity index (χ0) is 14.9. The van der Waals surface area contributed by atoms with Crippen molar-refractivity contribution in [1.29, 1.82) is 0 Å². The van der Waals surface area contributed by atoms with E-state index in [4.69, 9.17) is 0 Å². The molecule has 2 rings (SSSR count). The number of Topliss-reactive ketones (excluding diaryl/α,β-unsaturated/α-hetero) is 1. The number of hydrogen-bond donors (Lipinski definition) is 0. The van der Waals surface area contributed by atoms with Crippen molar-refractivity contribution >= 4 is 22.4 Å². The molecule has 1 aromatic heterocycles. The third-order valence-electron chi connectivity index (χ3n) is 3.12. The smallest absolute Gasteiger partial charge is 0.270 e. The average Bonchev–Trinajstić information content (AvgIpc) is 2.36. The van der Waals surface area contributed by atoms with Crippen LogP contribution in [0.2, 0.25) is 0 Å². The maximum absolute atomic E-state index is 12.0. The van der Waals surface area contributed by atoms with Gasteiger partial charge in [-0.3, -0.25) is 19.9 Å². The molecule has 0 unspecified atom stereocenters. The molecule has 0 aliphatic rings. The molecule has 1 heterocycles. The highest BCUT2D eigenvalue weighted by Crippen LogP contribution is 2.21. The number of aromatic nitrogens is 1. The lowest BCUT2D eigenvalue weighted by atomic mass is 9.88. The minimum absolute atomic E-state index is 0.0396. The van der Waals surface area contributed by atoms with E-state index >= 15 is 0 Å². The number of benzene rings is 1. The summed E-state index contributed by atoms with van der Waals surface area (Å²) in [7, 11) is 0. The van der Waals surface area contributed by atoms with Crippen LogP contribution in [0, 0.1) is 15.5 Å². The van der Waals surface area contributed by atoms with Crippen LogP contribution < -0.4 is 0 Å². The van der Waals surface area contributed by atoms with Crippen LogP contribution in [0.5, 0.6) is 0 Å². The molecule has 0 atom stereocenters. The molecule has 20 heavy (non-hydrogen) atoms. The molecule has 0 radical (unpaired) electrons. The summed E-state index contributed by atoms with van der Waals surface area (Å²) >= 11 is 0. The first-order chi connectivity index (χ1) is 9.27. The monoisotopic (exact) mass is 272 g/mol. The van der Waals surface area contributed by atoms with Crippen LogP contribution in [0.3, 0.4) is 0 Å². The van der Waals surface area contributed by atoms with Gasteiger partial charge >= 0.3 is 0 Å². The first kappa shape index (κ1) is 14.1. The third-order valence-corrected chi connectivity index (χ3v) is 3.12. The van der Waals surface area contributed by atoms with Crippen LogP contribution in [-0.2, 0) is 11.2 Å². The van der Waals surface area contributed by atoms with Crippen LogP contribution in [0.4, 0.5) is 5.69 Å². The fourth-order valence-electron chi connectivity index (χ4n) is 1.80. The summed E-state index contributed by atoms with van der Waals surface area (Å²) in [5.41, 5.74) is 0.991. The van der Waals surface area contributed by atoms with Gasteiger partial charge in [-0.05, 0) is 12.1 Å². The van der Waals surface area contributed by atoms with E-state index in [9.17, 15) is 14.9 Å². The van der Waals surface area contributed by atoms with Gasteiger partial charge in [0.15, 0.2) is 0 Å². The topological polar surface area (TPSA) is 73.1 Å². The summed E-state index contributed by atoms with van der Waals surface area (Å²) in [6, 6.07) is 8.03. The highest BCUT2D eigenvalue weighted by molar-refractivity contribution is 5.86.